The number of amides is 2. The van der Waals surface area contributed by atoms with Crippen LogP contribution in [0.5, 0.6) is 5.75 Å². The highest BCUT2D eigenvalue weighted by molar-refractivity contribution is 7.92. The maximum absolute atomic E-state index is 13.9. The molecule has 0 bridgehead atoms. The summed E-state index contributed by atoms with van der Waals surface area (Å²) < 4.78 is 71.5. The van der Waals surface area contributed by atoms with Gasteiger partial charge in [-0.3, -0.25) is 13.9 Å². The average Bonchev–Trinajstić information content (AvgIpc) is 3.00. The lowest BCUT2D eigenvalue weighted by molar-refractivity contribution is -0.141. The van der Waals surface area contributed by atoms with Gasteiger partial charge in [0, 0.05) is 32.0 Å². The van der Waals surface area contributed by atoms with Crippen LogP contribution in [0.2, 0.25) is 0 Å². The van der Waals surface area contributed by atoms with Crippen LogP contribution in [0.25, 0.3) is 0 Å². The molecular weight excluding hydrogens is 607 g/mol. The van der Waals surface area contributed by atoms with Gasteiger partial charge in [-0.25, -0.2) is 8.42 Å². The molecule has 0 saturated carbocycles. The fourth-order valence-electron chi connectivity index (χ4n) is 4.80. The smallest absolute Gasteiger partial charge is 0.416 e. The van der Waals surface area contributed by atoms with Crippen molar-refractivity contribution < 1.29 is 35.9 Å². The summed E-state index contributed by atoms with van der Waals surface area (Å²) in [5.74, 6) is -0.157. The zero-order valence-electron chi connectivity index (χ0n) is 25.9. The molecule has 0 aliphatic heterocycles. The summed E-state index contributed by atoms with van der Waals surface area (Å²) in [6.45, 7) is 3.65. The van der Waals surface area contributed by atoms with Crippen molar-refractivity contribution in [2.24, 2.45) is 0 Å². The highest BCUT2D eigenvalue weighted by atomic mass is 32.2. The predicted molar refractivity (Wildman–Crippen MR) is 168 cm³/mol. The Bertz CT molecular complexity index is 1530. The highest BCUT2D eigenvalue weighted by Crippen LogP contribution is 2.32. The van der Waals surface area contributed by atoms with Crippen molar-refractivity contribution in [3.63, 3.8) is 0 Å². The van der Waals surface area contributed by atoms with E-state index in [2.05, 4.69) is 5.32 Å². The molecule has 2 unspecified atom stereocenters. The summed E-state index contributed by atoms with van der Waals surface area (Å²) in [6, 6.07) is 19.4. The van der Waals surface area contributed by atoms with Crippen LogP contribution >= 0.6 is 0 Å². The van der Waals surface area contributed by atoms with E-state index >= 15 is 0 Å². The van der Waals surface area contributed by atoms with Crippen molar-refractivity contribution in [2.75, 3.05) is 24.2 Å². The zero-order valence-corrected chi connectivity index (χ0v) is 26.7. The fraction of sp³-hybridized carbons (Fsp3) is 0.394. The number of anilines is 1. The zero-order chi connectivity index (χ0) is 33.2. The quantitative estimate of drug-likeness (QED) is 0.225. The Morgan fingerprint density at radius 1 is 0.956 bits per heavy atom. The number of hydrogen-bond donors (Lipinski definition) is 1. The summed E-state index contributed by atoms with van der Waals surface area (Å²) >= 11 is 0. The molecular formula is C33H40F3N3O5S. The number of sulfonamides is 1. The molecule has 0 fully saturated rings. The lowest BCUT2D eigenvalue weighted by atomic mass is 10.0. The molecule has 3 aromatic rings. The molecule has 3 aromatic carbocycles. The van der Waals surface area contributed by atoms with Crippen LogP contribution in [0.4, 0.5) is 18.9 Å². The number of carbonyl (C=O) groups excluding carboxylic acids is 2. The first-order valence-electron chi connectivity index (χ1n) is 14.6. The minimum absolute atomic E-state index is 0.00178. The largest absolute Gasteiger partial charge is 0.497 e. The van der Waals surface area contributed by atoms with Crippen molar-refractivity contribution in [3.05, 3.63) is 95.6 Å². The monoisotopic (exact) mass is 647 g/mol. The molecule has 0 radical (unpaired) electrons. The molecule has 0 aromatic heterocycles. The Morgan fingerprint density at radius 3 is 2.24 bits per heavy atom. The maximum Gasteiger partial charge on any atom is 0.416 e. The Kier molecular flexibility index (Phi) is 12.4. The molecule has 244 valence electrons. The molecule has 0 saturated heterocycles. The van der Waals surface area contributed by atoms with E-state index in [4.69, 9.17) is 4.74 Å². The second kappa shape index (κ2) is 15.8. The van der Waals surface area contributed by atoms with Crippen molar-refractivity contribution in [1.82, 2.24) is 10.2 Å². The van der Waals surface area contributed by atoms with Crippen LogP contribution in [0.15, 0.2) is 78.9 Å². The summed E-state index contributed by atoms with van der Waals surface area (Å²) in [5, 5.41) is 2.99. The van der Waals surface area contributed by atoms with Crippen LogP contribution < -0.4 is 14.4 Å². The number of methoxy groups -OCH3 is 1. The molecule has 12 heteroatoms. The first-order chi connectivity index (χ1) is 21.2. The predicted octanol–water partition coefficient (Wildman–Crippen LogP) is 5.82. The third-order valence-corrected chi connectivity index (χ3v) is 8.57. The van der Waals surface area contributed by atoms with E-state index in [0.29, 0.717) is 12.2 Å². The molecule has 0 spiro atoms. The lowest BCUT2D eigenvalue weighted by Gasteiger charge is -2.33. The van der Waals surface area contributed by atoms with Gasteiger partial charge in [0.05, 0.1) is 24.6 Å². The van der Waals surface area contributed by atoms with Gasteiger partial charge in [0.15, 0.2) is 0 Å². The first kappa shape index (κ1) is 35.4. The lowest BCUT2D eigenvalue weighted by Crippen LogP contribution is -2.52. The topological polar surface area (TPSA) is 96.0 Å². The van der Waals surface area contributed by atoms with E-state index in [1.807, 2.05) is 50.2 Å². The number of halogens is 3. The Labute approximate surface area is 263 Å². The van der Waals surface area contributed by atoms with Gasteiger partial charge in [-0.05, 0) is 61.2 Å². The van der Waals surface area contributed by atoms with Gasteiger partial charge >= 0.3 is 6.18 Å². The van der Waals surface area contributed by atoms with Gasteiger partial charge in [0.25, 0.3) is 0 Å². The summed E-state index contributed by atoms with van der Waals surface area (Å²) in [7, 11) is -2.45. The maximum atomic E-state index is 13.9. The van der Waals surface area contributed by atoms with Gasteiger partial charge in [0.2, 0.25) is 21.8 Å². The molecule has 2 atom stereocenters. The number of carbonyl (C=O) groups is 2. The number of rotatable bonds is 15. The molecule has 8 nitrogen and oxygen atoms in total. The number of ether oxygens (including phenoxy) is 1. The van der Waals surface area contributed by atoms with Gasteiger partial charge < -0.3 is 15.0 Å². The molecule has 2 amide bonds. The van der Waals surface area contributed by atoms with Crippen LogP contribution in [-0.2, 0) is 38.8 Å². The van der Waals surface area contributed by atoms with Crippen LogP contribution in [0.3, 0.4) is 0 Å². The van der Waals surface area contributed by atoms with E-state index in [0.717, 1.165) is 39.9 Å². The van der Waals surface area contributed by atoms with E-state index in [9.17, 15) is 31.2 Å². The molecule has 1 N–H and O–H groups in total. The summed E-state index contributed by atoms with van der Waals surface area (Å²) in [6.07, 6.45) is -2.99. The van der Waals surface area contributed by atoms with Crippen molar-refractivity contribution in [3.8, 4) is 5.75 Å². The second-order valence-electron chi connectivity index (χ2n) is 10.9. The number of hydrogen-bond acceptors (Lipinski definition) is 5. The number of nitrogens with one attached hydrogen (secondary N) is 1. The third-order valence-electron chi connectivity index (χ3n) is 7.37. The van der Waals surface area contributed by atoms with E-state index in [-0.39, 0.29) is 50.0 Å². The standard InChI is InChI=1S/C33H40F3N3O5S/c1-5-24(2)37-32(41)30(21-25-12-7-6-8-13-25)38(23-26-14-9-17-29(20-26)44-3)31(40)18-11-19-39(45(4,42)43)28-16-10-15-27(22-28)33(34,35)36/h6-10,12-17,20,22,24,30H,5,11,18-19,21,23H2,1-4H3,(H,37,41). The fourth-order valence-corrected chi connectivity index (χ4v) is 5.76. The van der Waals surface area contributed by atoms with E-state index in [1.165, 1.54) is 18.1 Å². The minimum atomic E-state index is -4.65. The molecule has 3 rings (SSSR count). The molecule has 0 heterocycles. The summed E-state index contributed by atoms with van der Waals surface area (Å²) in [5.41, 5.74) is 0.435. The Hall–Kier alpha value is -4.06. The second-order valence-corrected chi connectivity index (χ2v) is 12.8. The average molecular weight is 648 g/mol. The molecule has 0 aliphatic carbocycles. The van der Waals surface area contributed by atoms with Crippen LogP contribution in [0.1, 0.15) is 49.8 Å². The van der Waals surface area contributed by atoms with Gasteiger partial charge in [-0.1, -0.05) is 55.5 Å². The van der Waals surface area contributed by atoms with Crippen LogP contribution in [0, 0.1) is 0 Å². The Balaban J connectivity index is 1.92. The Morgan fingerprint density at radius 2 is 1.62 bits per heavy atom. The number of benzene rings is 3. The SMILES string of the molecule is CCC(C)NC(=O)C(Cc1ccccc1)N(Cc1cccc(OC)c1)C(=O)CCCN(c1cccc(C(F)(F)F)c1)S(C)(=O)=O. The molecule has 0 aliphatic rings. The third kappa shape index (κ3) is 10.5. The normalized spacial score (nSPS) is 13.0. The minimum Gasteiger partial charge on any atom is -0.497 e. The van der Waals surface area contributed by atoms with Gasteiger partial charge in [-0.2, -0.15) is 13.2 Å². The molecule has 45 heavy (non-hydrogen) atoms. The first-order valence-corrected chi connectivity index (χ1v) is 16.5. The van der Waals surface area contributed by atoms with Gasteiger partial charge in [-0.15, -0.1) is 0 Å². The van der Waals surface area contributed by atoms with Crippen LogP contribution in [-0.4, -0.2) is 57.1 Å². The summed E-state index contributed by atoms with van der Waals surface area (Å²) in [4.78, 5) is 29.1. The van der Waals surface area contributed by atoms with Crippen molar-refractivity contribution >= 4 is 27.5 Å². The number of nitrogens with zero attached hydrogens (tertiary/aromatic N) is 2. The van der Waals surface area contributed by atoms with Crippen molar-refractivity contribution in [2.45, 2.75) is 64.3 Å². The van der Waals surface area contributed by atoms with E-state index < -0.39 is 33.7 Å². The van der Waals surface area contributed by atoms with Gasteiger partial charge in [0.1, 0.15) is 11.8 Å². The number of alkyl halides is 3. The highest BCUT2D eigenvalue weighted by Gasteiger charge is 2.33. The van der Waals surface area contributed by atoms with E-state index in [1.54, 1.807) is 18.2 Å². The van der Waals surface area contributed by atoms with Crippen molar-refractivity contribution in [1.29, 1.82) is 0 Å².